The number of nitrogens with zero attached hydrogens (tertiary/aromatic N) is 1. The lowest BCUT2D eigenvalue weighted by molar-refractivity contribution is 0.0697. The molecule has 0 radical (unpaired) electrons. The molecule has 142 valence electrons. The molecule has 3 rings (SSSR count). The van der Waals surface area contributed by atoms with Crippen molar-refractivity contribution in [1.82, 2.24) is 10.2 Å². The summed E-state index contributed by atoms with van der Waals surface area (Å²) < 4.78 is 5.40. The molecule has 0 spiro atoms. The lowest BCUT2D eigenvalue weighted by atomic mass is 10.0. The fraction of sp³-hybridized carbons (Fsp3) is 0.364. The summed E-state index contributed by atoms with van der Waals surface area (Å²) in [5.41, 5.74) is 2.37. The molecule has 1 saturated heterocycles. The van der Waals surface area contributed by atoms with Gasteiger partial charge in [-0.3, -0.25) is 9.59 Å². The van der Waals surface area contributed by atoms with Crippen LogP contribution in [0.3, 0.4) is 0 Å². The van der Waals surface area contributed by atoms with Crippen molar-refractivity contribution in [2.75, 3.05) is 19.7 Å². The number of rotatable bonds is 5. The van der Waals surface area contributed by atoms with E-state index in [0.717, 1.165) is 29.7 Å². The van der Waals surface area contributed by atoms with Crippen LogP contribution in [0.1, 0.15) is 46.0 Å². The molecule has 1 N–H and O–H groups in total. The first-order valence-corrected chi connectivity index (χ1v) is 9.47. The zero-order valence-corrected chi connectivity index (χ0v) is 15.9. The minimum Gasteiger partial charge on any atom is -0.494 e. The van der Waals surface area contributed by atoms with E-state index < -0.39 is 0 Å². The second kappa shape index (κ2) is 8.71. The molecular weight excluding hydrogens is 340 g/mol. The van der Waals surface area contributed by atoms with Crippen molar-refractivity contribution in [2.45, 2.75) is 32.7 Å². The Morgan fingerprint density at radius 3 is 2.37 bits per heavy atom. The fourth-order valence-electron chi connectivity index (χ4n) is 3.35. The Hall–Kier alpha value is -2.82. The summed E-state index contributed by atoms with van der Waals surface area (Å²) in [4.78, 5) is 27.0. The third kappa shape index (κ3) is 4.67. The number of nitrogens with one attached hydrogen (secondary N) is 1. The SMILES string of the molecule is CCOc1ccc(C(=O)NC2CCN(C(=O)c3ccccc3C)CC2)cc1. The molecule has 0 saturated carbocycles. The van der Waals surface area contributed by atoms with E-state index in [9.17, 15) is 9.59 Å². The highest BCUT2D eigenvalue weighted by Crippen LogP contribution is 2.17. The van der Waals surface area contributed by atoms with Crippen molar-refractivity contribution in [1.29, 1.82) is 0 Å². The monoisotopic (exact) mass is 366 g/mol. The maximum Gasteiger partial charge on any atom is 0.254 e. The summed E-state index contributed by atoms with van der Waals surface area (Å²) in [6.07, 6.45) is 1.53. The number of ether oxygens (including phenoxy) is 1. The van der Waals surface area contributed by atoms with Crippen LogP contribution >= 0.6 is 0 Å². The first-order valence-electron chi connectivity index (χ1n) is 9.47. The number of benzene rings is 2. The molecule has 0 aliphatic carbocycles. The van der Waals surface area contributed by atoms with Crippen molar-refractivity contribution < 1.29 is 14.3 Å². The molecule has 0 atom stereocenters. The van der Waals surface area contributed by atoms with Gasteiger partial charge < -0.3 is 15.0 Å². The Balaban J connectivity index is 1.52. The van der Waals surface area contributed by atoms with E-state index in [4.69, 9.17) is 4.74 Å². The molecule has 2 amide bonds. The number of amides is 2. The van der Waals surface area contributed by atoms with E-state index in [1.165, 1.54) is 0 Å². The van der Waals surface area contributed by atoms with Gasteiger partial charge in [0, 0.05) is 30.3 Å². The number of piperidine rings is 1. The van der Waals surface area contributed by atoms with Gasteiger partial charge in [-0.05, 0) is 62.6 Å². The number of aryl methyl sites for hydroxylation is 1. The van der Waals surface area contributed by atoms with E-state index in [-0.39, 0.29) is 17.9 Å². The topological polar surface area (TPSA) is 58.6 Å². The van der Waals surface area contributed by atoms with Crippen molar-refractivity contribution in [3.8, 4) is 5.75 Å². The zero-order chi connectivity index (χ0) is 19.2. The molecule has 1 fully saturated rings. The molecule has 2 aromatic rings. The third-order valence-electron chi connectivity index (χ3n) is 4.92. The minimum atomic E-state index is -0.0817. The Morgan fingerprint density at radius 2 is 1.74 bits per heavy atom. The molecule has 1 heterocycles. The minimum absolute atomic E-state index is 0.0735. The number of carbonyl (C=O) groups is 2. The second-order valence-corrected chi connectivity index (χ2v) is 6.81. The summed E-state index contributed by atoms with van der Waals surface area (Å²) in [6.45, 7) is 5.79. The van der Waals surface area contributed by atoms with Gasteiger partial charge in [0.1, 0.15) is 5.75 Å². The molecule has 5 heteroatoms. The van der Waals surface area contributed by atoms with Crippen LogP contribution in [0.2, 0.25) is 0 Å². The zero-order valence-electron chi connectivity index (χ0n) is 15.9. The van der Waals surface area contributed by atoms with Crippen molar-refractivity contribution in [3.05, 3.63) is 65.2 Å². The largest absolute Gasteiger partial charge is 0.494 e. The van der Waals surface area contributed by atoms with Crippen molar-refractivity contribution in [3.63, 3.8) is 0 Å². The highest BCUT2D eigenvalue weighted by atomic mass is 16.5. The number of hydrogen-bond acceptors (Lipinski definition) is 3. The van der Waals surface area contributed by atoms with Gasteiger partial charge in [-0.15, -0.1) is 0 Å². The maximum atomic E-state index is 12.7. The smallest absolute Gasteiger partial charge is 0.254 e. The molecule has 27 heavy (non-hydrogen) atoms. The number of carbonyl (C=O) groups excluding carboxylic acids is 2. The van der Waals surface area contributed by atoms with Crippen LogP contribution in [0.4, 0.5) is 0 Å². The predicted octanol–water partition coefficient (Wildman–Crippen LogP) is 3.43. The van der Waals surface area contributed by atoms with Crippen molar-refractivity contribution in [2.24, 2.45) is 0 Å². The molecule has 0 aromatic heterocycles. The van der Waals surface area contributed by atoms with Crippen LogP contribution in [-0.4, -0.2) is 42.5 Å². The summed E-state index contributed by atoms with van der Waals surface area (Å²) >= 11 is 0. The van der Waals surface area contributed by atoms with Crippen LogP contribution < -0.4 is 10.1 Å². The Bertz CT molecular complexity index is 793. The standard InChI is InChI=1S/C22H26N2O3/c1-3-27-19-10-8-17(9-11-19)21(25)23-18-12-14-24(15-13-18)22(26)20-7-5-4-6-16(20)2/h4-11,18H,3,12-15H2,1-2H3,(H,23,25). The highest BCUT2D eigenvalue weighted by Gasteiger charge is 2.25. The second-order valence-electron chi connectivity index (χ2n) is 6.81. The highest BCUT2D eigenvalue weighted by molar-refractivity contribution is 5.96. The van der Waals surface area contributed by atoms with E-state index in [1.807, 2.05) is 55.1 Å². The van der Waals surface area contributed by atoms with E-state index >= 15 is 0 Å². The van der Waals surface area contributed by atoms with E-state index in [1.54, 1.807) is 12.1 Å². The van der Waals surface area contributed by atoms with Gasteiger partial charge in [0.05, 0.1) is 6.61 Å². The average molecular weight is 366 g/mol. The first kappa shape index (κ1) is 19.0. The van der Waals surface area contributed by atoms with E-state index in [2.05, 4.69) is 5.32 Å². The molecule has 0 bridgehead atoms. The van der Waals surface area contributed by atoms with Gasteiger partial charge >= 0.3 is 0 Å². The van der Waals surface area contributed by atoms with Gasteiger partial charge in [-0.25, -0.2) is 0 Å². The third-order valence-corrected chi connectivity index (χ3v) is 4.92. The molecular formula is C22H26N2O3. The number of hydrogen-bond donors (Lipinski definition) is 1. The van der Waals surface area contributed by atoms with Crippen LogP contribution in [0.25, 0.3) is 0 Å². The summed E-state index contributed by atoms with van der Waals surface area (Å²) in [7, 11) is 0. The van der Waals surface area contributed by atoms with Crippen molar-refractivity contribution >= 4 is 11.8 Å². The summed E-state index contributed by atoms with van der Waals surface area (Å²) in [5.74, 6) is 0.753. The normalized spacial score (nSPS) is 14.7. The van der Waals surface area contributed by atoms with Crippen LogP contribution in [0.5, 0.6) is 5.75 Å². The summed E-state index contributed by atoms with van der Waals surface area (Å²) in [6, 6.07) is 14.9. The maximum absolute atomic E-state index is 12.7. The van der Waals surface area contributed by atoms with Crippen LogP contribution in [0.15, 0.2) is 48.5 Å². The lowest BCUT2D eigenvalue weighted by Crippen LogP contribution is -2.46. The molecule has 1 aliphatic heterocycles. The Morgan fingerprint density at radius 1 is 1.07 bits per heavy atom. The molecule has 2 aromatic carbocycles. The summed E-state index contributed by atoms with van der Waals surface area (Å²) in [5, 5.41) is 3.08. The predicted molar refractivity (Wildman–Crippen MR) is 105 cm³/mol. The Labute approximate surface area is 160 Å². The van der Waals surface area contributed by atoms with Gasteiger partial charge in [0.15, 0.2) is 0 Å². The van der Waals surface area contributed by atoms with Gasteiger partial charge in [0.25, 0.3) is 11.8 Å². The fourth-order valence-corrected chi connectivity index (χ4v) is 3.35. The molecule has 1 aliphatic rings. The lowest BCUT2D eigenvalue weighted by Gasteiger charge is -2.32. The van der Waals surface area contributed by atoms with Gasteiger partial charge in [-0.1, -0.05) is 18.2 Å². The first-order chi connectivity index (χ1) is 13.1. The molecule has 5 nitrogen and oxygen atoms in total. The molecule has 0 unspecified atom stereocenters. The Kier molecular flexibility index (Phi) is 6.12. The quantitative estimate of drug-likeness (QED) is 0.882. The number of likely N-dealkylation sites (tertiary alicyclic amines) is 1. The van der Waals surface area contributed by atoms with Crippen LogP contribution in [0, 0.1) is 6.92 Å². The average Bonchev–Trinajstić information content (AvgIpc) is 2.69. The van der Waals surface area contributed by atoms with Crippen LogP contribution in [-0.2, 0) is 0 Å². The van der Waals surface area contributed by atoms with Gasteiger partial charge in [0.2, 0.25) is 0 Å². The van der Waals surface area contributed by atoms with Gasteiger partial charge in [-0.2, -0.15) is 0 Å². The van der Waals surface area contributed by atoms with E-state index in [0.29, 0.717) is 25.3 Å².